The van der Waals surface area contributed by atoms with Crippen LogP contribution in [0.3, 0.4) is 0 Å². The molecule has 2 N–H and O–H groups in total. The normalized spacial score (nSPS) is 10.9. The zero-order valence-electron chi connectivity index (χ0n) is 11.7. The van der Waals surface area contributed by atoms with Gasteiger partial charge in [0.05, 0.1) is 6.42 Å². The molecule has 122 valence electrons. The molecule has 0 atom stereocenters. The summed E-state index contributed by atoms with van der Waals surface area (Å²) in [7, 11) is 1.44. The molecule has 0 spiro atoms. The molecule has 0 aliphatic rings. The molecule has 2 amide bonds. The van der Waals surface area contributed by atoms with E-state index in [4.69, 9.17) is 5.11 Å². The summed E-state index contributed by atoms with van der Waals surface area (Å²) >= 11 is 0. The summed E-state index contributed by atoms with van der Waals surface area (Å²) in [6.07, 6.45) is -4.99. The first kappa shape index (κ1) is 17.6. The van der Waals surface area contributed by atoms with Crippen molar-refractivity contribution >= 4 is 12.0 Å². The fourth-order valence-corrected chi connectivity index (χ4v) is 1.60. The van der Waals surface area contributed by atoms with E-state index >= 15 is 0 Å². The quantitative estimate of drug-likeness (QED) is 0.842. The molecule has 0 radical (unpaired) electrons. The van der Waals surface area contributed by atoms with Gasteiger partial charge in [-0.3, -0.25) is 4.79 Å². The fraction of sp³-hybridized carbons (Fsp3) is 0.385. The number of urea groups is 1. The van der Waals surface area contributed by atoms with Gasteiger partial charge in [0.15, 0.2) is 0 Å². The molecule has 0 aliphatic carbocycles. The lowest BCUT2D eigenvalue weighted by molar-refractivity contribution is -0.274. The van der Waals surface area contributed by atoms with Crippen molar-refractivity contribution in [3.63, 3.8) is 0 Å². The van der Waals surface area contributed by atoms with Crippen LogP contribution in [0.4, 0.5) is 18.0 Å². The summed E-state index contributed by atoms with van der Waals surface area (Å²) in [4.78, 5) is 23.2. The molecular formula is C13H15F3N2O4. The molecule has 6 nitrogen and oxygen atoms in total. The van der Waals surface area contributed by atoms with E-state index in [0.717, 1.165) is 6.07 Å². The van der Waals surface area contributed by atoms with E-state index in [1.54, 1.807) is 6.07 Å². The van der Waals surface area contributed by atoms with Crippen molar-refractivity contribution < 1.29 is 32.6 Å². The van der Waals surface area contributed by atoms with Crippen molar-refractivity contribution in [1.29, 1.82) is 0 Å². The second kappa shape index (κ2) is 7.53. The van der Waals surface area contributed by atoms with Gasteiger partial charge in [0.2, 0.25) is 0 Å². The lowest BCUT2D eigenvalue weighted by Crippen LogP contribution is -2.37. The van der Waals surface area contributed by atoms with Crippen molar-refractivity contribution in [1.82, 2.24) is 10.2 Å². The van der Waals surface area contributed by atoms with Crippen molar-refractivity contribution in [2.24, 2.45) is 0 Å². The number of carbonyl (C=O) groups is 2. The van der Waals surface area contributed by atoms with Gasteiger partial charge in [-0.1, -0.05) is 12.1 Å². The van der Waals surface area contributed by atoms with Gasteiger partial charge in [-0.05, 0) is 17.7 Å². The van der Waals surface area contributed by atoms with Gasteiger partial charge in [0, 0.05) is 20.1 Å². The highest BCUT2D eigenvalue weighted by molar-refractivity contribution is 5.75. The third kappa shape index (κ3) is 6.82. The smallest absolute Gasteiger partial charge is 0.481 e. The van der Waals surface area contributed by atoms with E-state index in [9.17, 15) is 22.8 Å². The highest BCUT2D eigenvalue weighted by atomic mass is 19.4. The lowest BCUT2D eigenvalue weighted by atomic mass is 10.2. The van der Waals surface area contributed by atoms with E-state index in [1.165, 1.54) is 24.1 Å². The van der Waals surface area contributed by atoms with E-state index in [-0.39, 0.29) is 25.3 Å². The Morgan fingerprint density at radius 2 is 2.05 bits per heavy atom. The number of ether oxygens (including phenoxy) is 1. The van der Waals surface area contributed by atoms with Gasteiger partial charge in [0.25, 0.3) is 0 Å². The third-order valence-corrected chi connectivity index (χ3v) is 2.51. The summed E-state index contributed by atoms with van der Waals surface area (Å²) in [6, 6.07) is 4.73. The van der Waals surface area contributed by atoms with Gasteiger partial charge in [0.1, 0.15) is 5.75 Å². The van der Waals surface area contributed by atoms with Crippen LogP contribution in [0.5, 0.6) is 5.75 Å². The predicted octanol–water partition coefficient (Wildman–Crippen LogP) is 2.20. The summed E-state index contributed by atoms with van der Waals surface area (Å²) in [5, 5.41) is 10.8. The minimum absolute atomic E-state index is 0.0320. The summed E-state index contributed by atoms with van der Waals surface area (Å²) in [5.41, 5.74) is 0.442. The Labute approximate surface area is 124 Å². The number of benzene rings is 1. The molecule has 0 saturated carbocycles. The van der Waals surface area contributed by atoms with E-state index < -0.39 is 18.4 Å². The average Bonchev–Trinajstić information content (AvgIpc) is 2.36. The van der Waals surface area contributed by atoms with Gasteiger partial charge >= 0.3 is 18.4 Å². The number of nitrogens with one attached hydrogen (secondary N) is 1. The summed E-state index contributed by atoms with van der Waals surface area (Å²) in [5.74, 6) is -1.41. The van der Waals surface area contributed by atoms with Crippen LogP contribution >= 0.6 is 0 Å². The Balaban J connectivity index is 2.56. The molecular weight excluding hydrogens is 305 g/mol. The van der Waals surface area contributed by atoms with Crippen LogP contribution in [0.1, 0.15) is 12.0 Å². The number of aliphatic carboxylic acids is 1. The largest absolute Gasteiger partial charge is 0.573 e. The Kier molecular flexibility index (Phi) is 6.02. The van der Waals surface area contributed by atoms with Gasteiger partial charge in [-0.25, -0.2) is 4.79 Å². The molecule has 9 heteroatoms. The van der Waals surface area contributed by atoms with Crippen molar-refractivity contribution in [2.75, 3.05) is 13.6 Å². The van der Waals surface area contributed by atoms with E-state index in [0.29, 0.717) is 5.56 Å². The first-order chi connectivity index (χ1) is 10.2. The molecule has 0 aromatic heterocycles. The van der Waals surface area contributed by atoms with Crippen LogP contribution in [0.2, 0.25) is 0 Å². The molecule has 0 saturated heterocycles. The Morgan fingerprint density at radius 1 is 1.36 bits per heavy atom. The topological polar surface area (TPSA) is 78.9 Å². The van der Waals surface area contributed by atoms with E-state index in [2.05, 4.69) is 10.1 Å². The van der Waals surface area contributed by atoms with Gasteiger partial charge < -0.3 is 20.1 Å². The van der Waals surface area contributed by atoms with Crippen LogP contribution < -0.4 is 10.1 Å². The third-order valence-electron chi connectivity index (χ3n) is 2.51. The fourth-order valence-electron chi connectivity index (χ4n) is 1.60. The number of halogens is 3. The molecule has 0 aliphatic heterocycles. The van der Waals surface area contributed by atoms with Crippen LogP contribution in [0.15, 0.2) is 24.3 Å². The molecule has 1 aromatic rings. The molecule has 0 fully saturated rings. The van der Waals surface area contributed by atoms with Crippen molar-refractivity contribution in [3.05, 3.63) is 29.8 Å². The molecule has 0 unspecified atom stereocenters. The van der Waals surface area contributed by atoms with Gasteiger partial charge in [-0.15, -0.1) is 13.2 Å². The monoisotopic (exact) mass is 320 g/mol. The number of amides is 2. The Bertz CT molecular complexity index is 534. The zero-order valence-corrected chi connectivity index (χ0v) is 11.7. The number of alkyl halides is 3. The van der Waals surface area contributed by atoms with Crippen LogP contribution in [-0.4, -0.2) is 42.0 Å². The second-order valence-electron chi connectivity index (χ2n) is 4.43. The Morgan fingerprint density at radius 3 is 2.64 bits per heavy atom. The average molecular weight is 320 g/mol. The molecule has 1 rings (SSSR count). The Hall–Kier alpha value is -2.45. The number of carboxylic acid groups (broad SMARTS) is 1. The SMILES string of the molecule is CN(Cc1cccc(OC(F)(F)F)c1)C(=O)NCCC(=O)O. The van der Waals surface area contributed by atoms with Crippen molar-refractivity contribution in [3.8, 4) is 5.75 Å². The standard InChI is InChI=1S/C13H15F3N2O4/c1-18(12(21)17-6-5-11(19)20)8-9-3-2-4-10(7-9)22-13(14,15)16/h2-4,7H,5-6,8H2,1H3,(H,17,21)(H,19,20). The van der Waals surface area contributed by atoms with Crippen LogP contribution in [0.25, 0.3) is 0 Å². The number of carbonyl (C=O) groups excluding carboxylic acids is 1. The summed E-state index contributed by atoms with van der Waals surface area (Å²) in [6.45, 7) is 0.0176. The number of nitrogens with zero attached hydrogens (tertiary/aromatic N) is 1. The number of rotatable bonds is 6. The first-order valence-electron chi connectivity index (χ1n) is 6.23. The number of hydrogen-bond donors (Lipinski definition) is 2. The maximum atomic E-state index is 12.1. The molecule has 22 heavy (non-hydrogen) atoms. The highest BCUT2D eigenvalue weighted by Gasteiger charge is 2.31. The maximum Gasteiger partial charge on any atom is 0.573 e. The van der Waals surface area contributed by atoms with Crippen LogP contribution in [-0.2, 0) is 11.3 Å². The summed E-state index contributed by atoms with van der Waals surface area (Å²) < 4.78 is 40.2. The molecule has 0 heterocycles. The second-order valence-corrected chi connectivity index (χ2v) is 4.43. The van der Waals surface area contributed by atoms with E-state index in [1.807, 2.05) is 0 Å². The van der Waals surface area contributed by atoms with Crippen LogP contribution in [0, 0.1) is 0 Å². The van der Waals surface area contributed by atoms with Crippen molar-refractivity contribution in [2.45, 2.75) is 19.3 Å². The molecule has 1 aromatic carbocycles. The van der Waals surface area contributed by atoms with Gasteiger partial charge in [-0.2, -0.15) is 0 Å². The molecule has 0 bridgehead atoms. The number of hydrogen-bond acceptors (Lipinski definition) is 3. The minimum Gasteiger partial charge on any atom is -0.481 e. The maximum absolute atomic E-state index is 12.1. The predicted molar refractivity (Wildman–Crippen MR) is 70.2 cm³/mol. The minimum atomic E-state index is -4.78. The first-order valence-corrected chi connectivity index (χ1v) is 6.23. The highest BCUT2D eigenvalue weighted by Crippen LogP contribution is 2.23. The lowest BCUT2D eigenvalue weighted by Gasteiger charge is -2.18. The zero-order chi connectivity index (χ0) is 16.8. The number of carboxylic acids is 1.